The van der Waals surface area contributed by atoms with E-state index in [0.717, 1.165) is 6.42 Å². The Morgan fingerprint density at radius 2 is 1.77 bits per heavy atom. The summed E-state index contributed by atoms with van der Waals surface area (Å²) in [6.45, 7) is 7.69. The summed E-state index contributed by atoms with van der Waals surface area (Å²) in [4.78, 5) is 0. The van der Waals surface area contributed by atoms with Crippen molar-refractivity contribution in [1.29, 1.82) is 0 Å². The highest BCUT2D eigenvalue weighted by molar-refractivity contribution is 5.14. The van der Waals surface area contributed by atoms with Crippen LogP contribution < -0.4 is 0 Å². The molecular formula is C13H20. The number of unbranched alkanes of at least 4 members (excludes halogenated alkanes) is 1. The van der Waals surface area contributed by atoms with Crippen molar-refractivity contribution in [3.63, 3.8) is 0 Å². The lowest BCUT2D eigenvalue weighted by Gasteiger charge is -1.96. The summed E-state index contributed by atoms with van der Waals surface area (Å²) >= 11 is 0. The van der Waals surface area contributed by atoms with E-state index in [9.17, 15) is 0 Å². The fourth-order valence-corrected chi connectivity index (χ4v) is 1.10. The number of allylic oxidation sites excluding steroid dienone is 1. The van der Waals surface area contributed by atoms with E-state index in [1.54, 1.807) is 0 Å². The Hall–Kier alpha value is -1.04. The molecule has 0 radical (unpaired) electrons. The molecule has 13 heavy (non-hydrogen) atoms. The number of rotatable bonds is 4. The Balaban J connectivity index is 0.000000671. The monoisotopic (exact) mass is 176 g/mol. The van der Waals surface area contributed by atoms with Crippen molar-refractivity contribution >= 4 is 0 Å². The Morgan fingerprint density at radius 3 is 2.31 bits per heavy atom. The van der Waals surface area contributed by atoms with E-state index in [1.165, 1.54) is 18.4 Å². The van der Waals surface area contributed by atoms with E-state index in [0.29, 0.717) is 0 Å². The van der Waals surface area contributed by atoms with Crippen LogP contribution in [0.1, 0.15) is 32.3 Å². The average molecular weight is 176 g/mol. The van der Waals surface area contributed by atoms with Gasteiger partial charge in [0.2, 0.25) is 0 Å². The van der Waals surface area contributed by atoms with Gasteiger partial charge >= 0.3 is 0 Å². The Labute approximate surface area is 82.3 Å². The summed E-state index contributed by atoms with van der Waals surface area (Å²) in [5, 5.41) is 0. The van der Waals surface area contributed by atoms with Gasteiger partial charge in [-0.3, -0.25) is 0 Å². The predicted molar refractivity (Wildman–Crippen MR) is 60.9 cm³/mol. The summed E-state index contributed by atoms with van der Waals surface area (Å²) in [6.07, 6.45) is 5.48. The molecule has 0 heteroatoms. The molecular weight excluding hydrogens is 156 g/mol. The zero-order chi connectivity index (χ0) is 9.94. The molecule has 0 N–H and O–H groups in total. The van der Waals surface area contributed by atoms with Gasteiger partial charge in [0.05, 0.1) is 0 Å². The summed E-state index contributed by atoms with van der Waals surface area (Å²) < 4.78 is 0. The molecule has 0 nitrogen and oxygen atoms in total. The number of hydrogen-bond donors (Lipinski definition) is 0. The molecule has 0 heterocycles. The van der Waals surface area contributed by atoms with Gasteiger partial charge in [0, 0.05) is 0 Å². The third kappa shape index (κ3) is 6.15. The molecule has 0 amide bonds. The zero-order valence-electron chi connectivity index (χ0n) is 8.79. The van der Waals surface area contributed by atoms with Gasteiger partial charge in [0.1, 0.15) is 0 Å². The maximum Gasteiger partial charge on any atom is -0.0276 e. The summed E-state index contributed by atoms with van der Waals surface area (Å²) in [7, 11) is 0. The van der Waals surface area contributed by atoms with Crippen LogP contribution in [0.15, 0.2) is 43.0 Å². The zero-order valence-corrected chi connectivity index (χ0v) is 8.79. The van der Waals surface area contributed by atoms with Gasteiger partial charge in [-0.2, -0.15) is 0 Å². The van der Waals surface area contributed by atoms with Crippen LogP contribution >= 0.6 is 0 Å². The molecule has 72 valence electrons. The molecule has 0 bridgehead atoms. The highest BCUT2D eigenvalue weighted by atomic mass is 13.9. The van der Waals surface area contributed by atoms with E-state index in [1.807, 2.05) is 19.9 Å². The van der Waals surface area contributed by atoms with Crippen LogP contribution in [0.2, 0.25) is 0 Å². The Bertz CT molecular complexity index is 199. The van der Waals surface area contributed by atoms with Crippen molar-refractivity contribution in [2.75, 3.05) is 0 Å². The minimum absolute atomic E-state index is 1.12. The van der Waals surface area contributed by atoms with Crippen molar-refractivity contribution < 1.29 is 0 Å². The fraction of sp³-hybridized carbons (Fsp3) is 0.385. The van der Waals surface area contributed by atoms with Gasteiger partial charge in [0.25, 0.3) is 0 Å². The lowest BCUT2D eigenvalue weighted by atomic mass is 10.1. The molecule has 1 rings (SSSR count). The Morgan fingerprint density at radius 1 is 1.15 bits per heavy atom. The van der Waals surface area contributed by atoms with Crippen LogP contribution in [0.3, 0.4) is 0 Å². The van der Waals surface area contributed by atoms with Crippen LogP contribution in [-0.2, 0) is 6.42 Å². The van der Waals surface area contributed by atoms with Gasteiger partial charge in [-0.05, 0) is 24.8 Å². The third-order valence-corrected chi connectivity index (χ3v) is 1.72. The molecule has 0 saturated heterocycles. The second-order valence-electron chi connectivity index (χ2n) is 2.67. The van der Waals surface area contributed by atoms with Crippen molar-refractivity contribution in [3.05, 3.63) is 48.6 Å². The van der Waals surface area contributed by atoms with Gasteiger partial charge in [-0.15, -0.1) is 6.58 Å². The molecule has 0 atom stereocenters. The van der Waals surface area contributed by atoms with E-state index in [2.05, 4.69) is 36.9 Å². The molecule has 0 aliphatic rings. The molecule has 0 saturated carbocycles. The molecule has 0 aliphatic heterocycles. The highest BCUT2D eigenvalue weighted by Crippen LogP contribution is 2.03. The standard InChI is InChI=1S/C11H14.C2H6/c1-2-3-5-8-11-9-6-4-7-10-11;1-2/h2,4,6-7,9-10H,1,3,5,8H2;1-2H3. The second kappa shape index (κ2) is 9.05. The largest absolute Gasteiger partial charge is 0.103 e. The van der Waals surface area contributed by atoms with E-state index < -0.39 is 0 Å². The normalized spacial score (nSPS) is 8.46. The quantitative estimate of drug-likeness (QED) is 0.476. The van der Waals surface area contributed by atoms with Crippen LogP contribution in [0.5, 0.6) is 0 Å². The molecule has 0 aliphatic carbocycles. The molecule has 0 aromatic heterocycles. The molecule has 0 spiro atoms. The van der Waals surface area contributed by atoms with Crippen LogP contribution in [0.25, 0.3) is 0 Å². The molecule has 0 unspecified atom stereocenters. The maximum absolute atomic E-state index is 3.69. The van der Waals surface area contributed by atoms with Crippen LogP contribution in [0.4, 0.5) is 0 Å². The lowest BCUT2D eigenvalue weighted by Crippen LogP contribution is -1.82. The van der Waals surface area contributed by atoms with Crippen LogP contribution in [0, 0.1) is 0 Å². The lowest BCUT2D eigenvalue weighted by molar-refractivity contribution is 0.844. The van der Waals surface area contributed by atoms with E-state index >= 15 is 0 Å². The number of aryl methyl sites for hydroxylation is 1. The van der Waals surface area contributed by atoms with E-state index in [4.69, 9.17) is 0 Å². The van der Waals surface area contributed by atoms with Gasteiger partial charge in [-0.1, -0.05) is 50.3 Å². The van der Waals surface area contributed by atoms with Gasteiger partial charge in [-0.25, -0.2) is 0 Å². The minimum atomic E-state index is 1.12. The fourth-order valence-electron chi connectivity index (χ4n) is 1.10. The third-order valence-electron chi connectivity index (χ3n) is 1.72. The first kappa shape index (κ1) is 12.0. The van der Waals surface area contributed by atoms with Gasteiger partial charge in [0.15, 0.2) is 0 Å². The first-order chi connectivity index (χ1) is 6.43. The van der Waals surface area contributed by atoms with Crippen molar-refractivity contribution in [1.82, 2.24) is 0 Å². The summed E-state index contributed by atoms with van der Waals surface area (Å²) in [6, 6.07) is 10.6. The van der Waals surface area contributed by atoms with Crippen molar-refractivity contribution in [2.45, 2.75) is 33.1 Å². The molecule has 0 fully saturated rings. The average Bonchev–Trinajstić information content (AvgIpc) is 2.23. The maximum atomic E-state index is 3.69. The number of hydrogen-bond acceptors (Lipinski definition) is 0. The Kier molecular flexibility index (Phi) is 8.33. The predicted octanol–water partition coefficient (Wildman–Crippen LogP) is 4.22. The smallest absolute Gasteiger partial charge is 0.0276 e. The topological polar surface area (TPSA) is 0 Å². The summed E-state index contributed by atoms with van der Waals surface area (Å²) in [5.41, 5.74) is 1.43. The first-order valence-electron chi connectivity index (χ1n) is 5.08. The second-order valence-corrected chi connectivity index (χ2v) is 2.67. The number of benzene rings is 1. The van der Waals surface area contributed by atoms with Crippen LogP contribution in [-0.4, -0.2) is 0 Å². The first-order valence-corrected chi connectivity index (χ1v) is 5.08. The van der Waals surface area contributed by atoms with Crippen molar-refractivity contribution in [3.8, 4) is 0 Å². The summed E-state index contributed by atoms with van der Waals surface area (Å²) in [5.74, 6) is 0. The highest BCUT2D eigenvalue weighted by Gasteiger charge is 1.88. The minimum Gasteiger partial charge on any atom is -0.103 e. The van der Waals surface area contributed by atoms with E-state index in [-0.39, 0.29) is 0 Å². The molecule has 1 aromatic carbocycles. The SMILES string of the molecule is C=CCCCc1ccccc1.CC. The van der Waals surface area contributed by atoms with Crippen molar-refractivity contribution in [2.24, 2.45) is 0 Å². The van der Waals surface area contributed by atoms with Gasteiger partial charge < -0.3 is 0 Å². The molecule has 1 aromatic rings.